The highest BCUT2D eigenvalue weighted by Crippen LogP contribution is 2.37. The number of halogens is 1. The molecule has 3 rings (SSSR count). The maximum atomic E-state index is 6.10. The molecule has 1 fully saturated rings. The molecule has 86 valence electrons. The van der Waals surface area contributed by atoms with Crippen LogP contribution in [-0.4, -0.2) is 31.1 Å². The normalized spacial score (nSPS) is 25.7. The van der Waals surface area contributed by atoms with Gasteiger partial charge in [-0.25, -0.2) is 0 Å². The molecule has 0 spiro atoms. The quantitative estimate of drug-likeness (QED) is 0.805. The molecule has 0 bridgehead atoms. The molecular weight excluding hydrogens is 220 g/mol. The first-order valence-corrected chi connectivity index (χ1v) is 6.45. The van der Waals surface area contributed by atoms with Crippen molar-refractivity contribution < 1.29 is 0 Å². The van der Waals surface area contributed by atoms with E-state index < -0.39 is 0 Å². The lowest BCUT2D eigenvalue weighted by atomic mass is 10.1. The summed E-state index contributed by atoms with van der Waals surface area (Å²) in [5, 5.41) is 4.28. The second-order valence-electron chi connectivity index (χ2n) is 4.68. The van der Waals surface area contributed by atoms with Gasteiger partial charge in [0.1, 0.15) is 0 Å². The number of nitrogens with zero attached hydrogens (tertiary/aromatic N) is 1. The first-order chi connectivity index (χ1) is 7.84. The lowest BCUT2D eigenvalue weighted by Gasteiger charge is -2.33. The van der Waals surface area contributed by atoms with E-state index >= 15 is 0 Å². The Morgan fingerprint density at radius 1 is 1.25 bits per heavy atom. The number of fused-ring (bicyclic) bond motifs is 1. The summed E-state index contributed by atoms with van der Waals surface area (Å²) in [6.07, 6.45) is 2.47. The van der Waals surface area contributed by atoms with Crippen LogP contribution in [0.4, 0.5) is 0 Å². The van der Waals surface area contributed by atoms with Crippen LogP contribution < -0.4 is 5.32 Å². The number of nitrogens with one attached hydrogen (secondary N) is 1. The Balaban J connectivity index is 1.86. The largest absolute Gasteiger partial charge is 0.314 e. The molecule has 1 aromatic rings. The first-order valence-electron chi connectivity index (χ1n) is 6.08. The maximum Gasteiger partial charge on any atom is 0.0409 e. The summed E-state index contributed by atoms with van der Waals surface area (Å²) in [7, 11) is 0. The Morgan fingerprint density at radius 3 is 2.88 bits per heavy atom. The van der Waals surface area contributed by atoms with Gasteiger partial charge in [0.2, 0.25) is 0 Å². The van der Waals surface area contributed by atoms with Crippen LogP contribution in [0.5, 0.6) is 0 Å². The van der Waals surface area contributed by atoms with Gasteiger partial charge >= 0.3 is 0 Å². The van der Waals surface area contributed by atoms with Crippen LogP contribution in [-0.2, 0) is 6.42 Å². The van der Waals surface area contributed by atoms with Crippen molar-refractivity contribution in [2.75, 3.05) is 26.2 Å². The molecule has 0 saturated carbocycles. The summed E-state index contributed by atoms with van der Waals surface area (Å²) in [6.45, 7) is 4.56. The monoisotopic (exact) mass is 236 g/mol. The topological polar surface area (TPSA) is 15.3 Å². The highest BCUT2D eigenvalue weighted by molar-refractivity contribution is 6.30. The van der Waals surface area contributed by atoms with Crippen molar-refractivity contribution in [1.82, 2.24) is 10.2 Å². The molecule has 0 aromatic heterocycles. The van der Waals surface area contributed by atoms with E-state index in [0.29, 0.717) is 6.04 Å². The molecule has 1 saturated heterocycles. The van der Waals surface area contributed by atoms with Crippen molar-refractivity contribution >= 4 is 11.6 Å². The lowest BCUT2D eigenvalue weighted by Crippen LogP contribution is -2.44. The average molecular weight is 237 g/mol. The van der Waals surface area contributed by atoms with E-state index in [9.17, 15) is 0 Å². The van der Waals surface area contributed by atoms with Crippen molar-refractivity contribution in [3.05, 3.63) is 34.3 Å². The number of rotatable bonds is 1. The van der Waals surface area contributed by atoms with Crippen molar-refractivity contribution in [3.8, 4) is 0 Å². The molecule has 3 heteroatoms. The molecule has 0 radical (unpaired) electrons. The molecule has 2 nitrogen and oxygen atoms in total. The fraction of sp³-hybridized carbons (Fsp3) is 0.538. The third kappa shape index (κ3) is 1.86. The zero-order chi connectivity index (χ0) is 11.0. The molecule has 2 aliphatic rings. The van der Waals surface area contributed by atoms with Crippen LogP contribution >= 0.6 is 11.6 Å². The Bertz CT molecular complexity index is 386. The van der Waals surface area contributed by atoms with Crippen LogP contribution in [0.15, 0.2) is 18.2 Å². The van der Waals surface area contributed by atoms with Gasteiger partial charge in [0.25, 0.3) is 0 Å². The molecule has 1 atom stereocenters. The van der Waals surface area contributed by atoms with E-state index in [1.807, 2.05) is 6.07 Å². The summed E-state index contributed by atoms with van der Waals surface area (Å²) in [5.74, 6) is 0. The van der Waals surface area contributed by atoms with Crippen LogP contribution in [0.3, 0.4) is 0 Å². The highest BCUT2D eigenvalue weighted by Gasteiger charge is 2.28. The predicted molar refractivity (Wildman–Crippen MR) is 67.0 cm³/mol. The van der Waals surface area contributed by atoms with Gasteiger partial charge in [0.15, 0.2) is 0 Å². The standard InChI is InChI=1S/C13H17ClN2/c14-11-3-1-10-2-4-13(12(10)9-11)16-7-5-15-6-8-16/h1,3,9,13,15H,2,4-8H2. The smallest absolute Gasteiger partial charge is 0.0409 e. The van der Waals surface area contributed by atoms with Gasteiger partial charge in [-0.3, -0.25) is 4.90 Å². The van der Waals surface area contributed by atoms with Crippen molar-refractivity contribution in [2.45, 2.75) is 18.9 Å². The third-order valence-corrected chi connectivity index (χ3v) is 3.98. The van der Waals surface area contributed by atoms with Crippen LogP contribution in [0.1, 0.15) is 23.6 Å². The third-order valence-electron chi connectivity index (χ3n) is 3.75. The maximum absolute atomic E-state index is 6.10. The van der Waals surface area contributed by atoms with Crippen LogP contribution in [0, 0.1) is 0 Å². The van der Waals surface area contributed by atoms with E-state index in [-0.39, 0.29) is 0 Å². The first kappa shape index (κ1) is 10.6. The molecule has 0 amide bonds. The molecular formula is C13H17ClN2. The minimum Gasteiger partial charge on any atom is -0.314 e. The van der Waals surface area contributed by atoms with Crippen molar-refractivity contribution in [1.29, 1.82) is 0 Å². The number of aryl methyl sites for hydroxylation is 1. The minimum absolute atomic E-state index is 0.607. The summed E-state index contributed by atoms with van der Waals surface area (Å²) in [4.78, 5) is 2.60. The molecule has 1 unspecified atom stereocenters. The predicted octanol–water partition coefficient (Wildman–Crippen LogP) is 2.23. The second-order valence-corrected chi connectivity index (χ2v) is 5.12. The van der Waals surface area contributed by atoms with Crippen molar-refractivity contribution in [2.24, 2.45) is 0 Å². The van der Waals surface area contributed by atoms with Gasteiger partial charge in [0.05, 0.1) is 0 Å². The number of hydrogen-bond donors (Lipinski definition) is 1. The molecule has 1 heterocycles. The van der Waals surface area contributed by atoms with Crippen molar-refractivity contribution in [3.63, 3.8) is 0 Å². The van der Waals surface area contributed by atoms with E-state index in [1.54, 1.807) is 0 Å². The van der Waals surface area contributed by atoms with Gasteiger partial charge in [-0.15, -0.1) is 0 Å². The van der Waals surface area contributed by atoms with Crippen LogP contribution in [0.2, 0.25) is 5.02 Å². The summed E-state index contributed by atoms with van der Waals surface area (Å²) in [5.41, 5.74) is 2.96. The molecule has 16 heavy (non-hydrogen) atoms. The fourth-order valence-corrected chi connectivity index (χ4v) is 3.11. The van der Waals surface area contributed by atoms with E-state index in [1.165, 1.54) is 24.0 Å². The van der Waals surface area contributed by atoms with Gasteiger partial charge < -0.3 is 5.32 Å². The molecule has 1 aliphatic carbocycles. The van der Waals surface area contributed by atoms with Gasteiger partial charge in [-0.1, -0.05) is 17.7 Å². The summed E-state index contributed by atoms with van der Waals surface area (Å²) < 4.78 is 0. The zero-order valence-electron chi connectivity index (χ0n) is 9.38. The highest BCUT2D eigenvalue weighted by atomic mass is 35.5. The van der Waals surface area contributed by atoms with E-state index in [4.69, 9.17) is 11.6 Å². The van der Waals surface area contributed by atoms with E-state index in [0.717, 1.165) is 31.2 Å². The van der Waals surface area contributed by atoms with Gasteiger partial charge in [-0.2, -0.15) is 0 Å². The fourth-order valence-electron chi connectivity index (χ4n) is 2.92. The van der Waals surface area contributed by atoms with Gasteiger partial charge in [-0.05, 0) is 36.1 Å². The molecule has 1 aliphatic heterocycles. The Kier molecular flexibility index (Phi) is 2.88. The number of piperazine rings is 1. The minimum atomic E-state index is 0.607. The summed E-state index contributed by atoms with van der Waals surface area (Å²) in [6, 6.07) is 6.98. The van der Waals surface area contributed by atoms with Crippen LogP contribution in [0.25, 0.3) is 0 Å². The number of benzene rings is 1. The lowest BCUT2D eigenvalue weighted by molar-refractivity contribution is 0.173. The van der Waals surface area contributed by atoms with Gasteiger partial charge in [0, 0.05) is 37.2 Å². The average Bonchev–Trinajstić information content (AvgIpc) is 2.73. The van der Waals surface area contributed by atoms with E-state index in [2.05, 4.69) is 22.3 Å². The number of hydrogen-bond acceptors (Lipinski definition) is 2. The zero-order valence-corrected chi connectivity index (χ0v) is 10.1. The Morgan fingerprint density at radius 2 is 2.06 bits per heavy atom. The Hall–Kier alpha value is -0.570. The SMILES string of the molecule is Clc1ccc2c(c1)C(N1CCNCC1)CC2. The molecule has 1 N–H and O–H groups in total. The second kappa shape index (κ2) is 4.36. The summed E-state index contributed by atoms with van der Waals surface area (Å²) >= 11 is 6.10. The molecule has 1 aromatic carbocycles. The Labute approximate surface area is 102 Å².